The second-order valence-corrected chi connectivity index (χ2v) is 5.29. The quantitative estimate of drug-likeness (QED) is 0.880. The van der Waals surface area contributed by atoms with Crippen molar-refractivity contribution in [2.45, 2.75) is 32.7 Å². The molecule has 0 aliphatic rings. The predicted octanol–water partition coefficient (Wildman–Crippen LogP) is 3.67. The Bertz CT molecular complexity index is 561. The summed E-state index contributed by atoms with van der Waals surface area (Å²) in [7, 11) is 0. The van der Waals surface area contributed by atoms with Crippen molar-refractivity contribution in [3.05, 3.63) is 71.3 Å². The fraction of sp³-hybridized carbons (Fsp3) is 0.278. The highest BCUT2D eigenvalue weighted by atomic mass is 16.1. The summed E-state index contributed by atoms with van der Waals surface area (Å²) in [5.41, 5.74) is 3.54. The maximum absolute atomic E-state index is 12.0. The smallest absolute Gasteiger partial charge is 0.224 e. The first-order valence-electron chi connectivity index (χ1n) is 7.05. The van der Waals surface area contributed by atoms with E-state index in [4.69, 9.17) is 0 Å². The summed E-state index contributed by atoms with van der Waals surface area (Å²) in [6, 6.07) is 18.1. The van der Waals surface area contributed by atoms with Crippen LogP contribution in [0.4, 0.5) is 0 Å². The Kier molecular flexibility index (Phi) is 4.94. The number of carbonyl (C=O) groups excluding carboxylic acids is 1. The van der Waals surface area contributed by atoms with Crippen LogP contribution in [-0.4, -0.2) is 5.91 Å². The van der Waals surface area contributed by atoms with Gasteiger partial charge in [0, 0.05) is 6.54 Å². The first-order chi connectivity index (χ1) is 9.66. The second kappa shape index (κ2) is 6.90. The summed E-state index contributed by atoms with van der Waals surface area (Å²) in [5, 5.41) is 3.00. The Balaban J connectivity index is 1.94. The number of hydrogen-bond donors (Lipinski definition) is 1. The Morgan fingerprint density at radius 3 is 2.35 bits per heavy atom. The van der Waals surface area contributed by atoms with E-state index in [0.717, 1.165) is 5.56 Å². The Hall–Kier alpha value is -2.09. The second-order valence-electron chi connectivity index (χ2n) is 5.29. The predicted molar refractivity (Wildman–Crippen MR) is 82.5 cm³/mol. The van der Waals surface area contributed by atoms with Gasteiger partial charge < -0.3 is 5.32 Å². The molecule has 0 fully saturated rings. The molecular weight excluding hydrogens is 246 g/mol. The van der Waals surface area contributed by atoms with Gasteiger partial charge in [-0.25, -0.2) is 0 Å². The molecule has 0 unspecified atom stereocenters. The van der Waals surface area contributed by atoms with Gasteiger partial charge in [-0.1, -0.05) is 68.4 Å². The van der Waals surface area contributed by atoms with Crippen LogP contribution in [0.3, 0.4) is 0 Å². The van der Waals surface area contributed by atoms with Crippen LogP contribution in [0.15, 0.2) is 54.6 Å². The minimum atomic E-state index is 0.0646. The summed E-state index contributed by atoms with van der Waals surface area (Å²) >= 11 is 0. The molecule has 0 heterocycles. The first-order valence-corrected chi connectivity index (χ1v) is 7.05. The highest BCUT2D eigenvalue weighted by molar-refractivity contribution is 5.78. The van der Waals surface area contributed by atoms with E-state index < -0.39 is 0 Å². The van der Waals surface area contributed by atoms with Crippen molar-refractivity contribution in [3.8, 4) is 0 Å². The topological polar surface area (TPSA) is 29.1 Å². The molecule has 0 aliphatic carbocycles. The molecule has 2 nitrogen and oxygen atoms in total. The summed E-state index contributed by atoms with van der Waals surface area (Å²) in [5.74, 6) is 0.534. The van der Waals surface area contributed by atoms with E-state index in [9.17, 15) is 4.79 Å². The lowest BCUT2D eigenvalue weighted by molar-refractivity contribution is -0.120. The van der Waals surface area contributed by atoms with E-state index in [1.54, 1.807) is 0 Å². The third kappa shape index (κ3) is 3.95. The maximum Gasteiger partial charge on any atom is 0.224 e. The summed E-state index contributed by atoms with van der Waals surface area (Å²) < 4.78 is 0. The van der Waals surface area contributed by atoms with E-state index in [1.807, 2.05) is 42.5 Å². The molecule has 0 saturated heterocycles. The molecule has 0 saturated carbocycles. The fourth-order valence-corrected chi connectivity index (χ4v) is 2.30. The SMILES string of the molecule is CC(C)c1ccccc1CNC(=O)Cc1ccccc1. The number of hydrogen-bond acceptors (Lipinski definition) is 1. The van der Waals surface area contributed by atoms with Crippen LogP contribution in [0.2, 0.25) is 0 Å². The number of benzene rings is 2. The summed E-state index contributed by atoms with van der Waals surface area (Å²) in [6.07, 6.45) is 0.435. The van der Waals surface area contributed by atoms with Crippen molar-refractivity contribution < 1.29 is 4.79 Å². The highest BCUT2D eigenvalue weighted by Crippen LogP contribution is 2.18. The lowest BCUT2D eigenvalue weighted by Gasteiger charge is -2.13. The lowest BCUT2D eigenvalue weighted by Crippen LogP contribution is -2.25. The number of amides is 1. The molecule has 0 spiro atoms. The van der Waals surface area contributed by atoms with Gasteiger partial charge in [0.25, 0.3) is 0 Å². The van der Waals surface area contributed by atoms with E-state index in [1.165, 1.54) is 11.1 Å². The zero-order valence-electron chi connectivity index (χ0n) is 12.1. The van der Waals surface area contributed by atoms with Crippen molar-refractivity contribution in [2.24, 2.45) is 0 Å². The maximum atomic E-state index is 12.0. The Morgan fingerprint density at radius 2 is 1.65 bits per heavy atom. The molecule has 2 heteroatoms. The van der Waals surface area contributed by atoms with Gasteiger partial charge in [0.1, 0.15) is 0 Å². The van der Waals surface area contributed by atoms with Gasteiger partial charge in [0.15, 0.2) is 0 Å². The normalized spacial score (nSPS) is 10.6. The zero-order valence-corrected chi connectivity index (χ0v) is 12.1. The van der Waals surface area contributed by atoms with Crippen molar-refractivity contribution in [1.82, 2.24) is 5.32 Å². The molecule has 0 aliphatic heterocycles. The van der Waals surface area contributed by atoms with Crippen molar-refractivity contribution in [2.75, 3.05) is 0 Å². The van der Waals surface area contributed by atoms with Crippen LogP contribution in [0.5, 0.6) is 0 Å². The standard InChI is InChI=1S/C18H21NO/c1-14(2)17-11-7-6-10-16(17)13-19-18(20)12-15-8-4-3-5-9-15/h3-11,14H,12-13H2,1-2H3,(H,19,20). The van der Waals surface area contributed by atoms with E-state index in [0.29, 0.717) is 18.9 Å². The lowest BCUT2D eigenvalue weighted by atomic mass is 9.97. The highest BCUT2D eigenvalue weighted by Gasteiger charge is 2.07. The van der Waals surface area contributed by atoms with Crippen molar-refractivity contribution >= 4 is 5.91 Å². The van der Waals surface area contributed by atoms with Crippen LogP contribution >= 0.6 is 0 Å². The molecule has 2 aromatic carbocycles. The fourth-order valence-electron chi connectivity index (χ4n) is 2.30. The molecular formula is C18H21NO. The van der Waals surface area contributed by atoms with Crippen LogP contribution in [0, 0.1) is 0 Å². The third-order valence-corrected chi connectivity index (χ3v) is 3.36. The van der Waals surface area contributed by atoms with Gasteiger partial charge in [-0.15, -0.1) is 0 Å². The van der Waals surface area contributed by atoms with Gasteiger partial charge in [-0.05, 0) is 22.6 Å². The van der Waals surface area contributed by atoms with E-state index in [-0.39, 0.29) is 5.91 Å². The Morgan fingerprint density at radius 1 is 1.00 bits per heavy atom. The number of nitrogens with one attached hydrogen (secondary N) is 1. The average molecular weight is 267 g/mol. The number of rotatable bonds is 5. The zero-order chi connectivity index (χ0) is 14.4. The molecule has 104 valence electrons. The van der Waals surface area contributed by atoms with Gasteiger partial charge in [-0.2, -0.15) is 0 Å². The molecule has 0 bridgehead atoms. The van der Waals surface area contributed by atoms with Crippen molar-refractivity contribution in [1.29, 1.82) is 0 Å². The minimum Gasteiger partial charge on any atom is -0.352 e. The molecule has 1 N–H and O–H groups in total. The van der Waals surface area contributed by atoms with Crippen LogP contribution in [0.25, 0.3) is 0 Å². The largest absolute Gasteiger partial charge is 0.352 e. The molecule has 2 aromatic rings. The minimum absolute atomic E-state index is 0.0646. The van der Waals surface area contributed by atoms with Crippen LogP contribution in [-0.2, 0) is 17.8 Å². The van der Waals surface area contributed by atoms with Gasteiger partial charge in [0.2, 0.25) is 5.91 Å². The van der Waals surface area contributed by atoms with Gasteiger partial charge in [0.05, 0.1) is 6.42 Å². The van der Waals surface area contributed by atoms with E-state index >= 15 is 0 Å². The first kappa shape index (κ1) is 14.3. The molecule has 2 rings (SSSR count). The van der Waals surface area contributed by atoms with Gasteiger partial charge in [-0.3, -0.25) is 4.79 Å². The van der Waals surface area contributed by atoms with Crippen LogP contribution < -0.4 is 5.32 Å². The molecule has 0 aromatic heterocycles. The summed E-state index contributed by atoms with van der Waals surface area (Å²) in [6.45, 7) is 4.94. The monoisotopic (exact) mass is 267 g/mol. The Labute approximate surface area is 120 Å². The number of carbonyl (C=O) groups is 1. The van der Waals surface area contributed by atoms with E-state index in [2.05, 4.69) is 31.3 Å². The molecule has 0 atom stereocenters. The van der Waals surface area contributed by atoms with Gasteiger partial charge >= 0.3 is 0 Å². The summed E-state index contributed by atoms with van der Waals surface area (Å²) in [4.78, 5) is 12.0. The van der Waals surface area contributed by atoms with Crippen LogP contribution in [0.1, 0.15) is 36.5 Å². The molecule has 20 heavy (non-hydrogen) atoms. The third-order valence-electron chi connectivity index (χ3n) is 3.36. The molecule has 1 amide bonds. The van der Waals surface area contributed by atoms with Crippen molar-refractivity contribution in [3.63, 3.8) is 0 Å². The average Bonchev–Trinajstić information content (AvgIpc) is 2.46. The molecule has 0 radical (unpaired) electrons.